The van der Waals surface area contributed by atoms with Gasteiger partial charge in [-0.05, 0) is 67.9 Å². The number of amides is 1. The highest BCUT2D eigenvalue weighted by atomic mass is 19.1. The van der Waals surface area contributed by atoms with Crippen molar-refractivity contribution in [2.45, 2.75) is 19.9 Å². The van der Waals surface area contributed by atoms with E-state index in [-0.39, 0.29) is 16.8 Å². The minimum Gasteiger partial charge on any atom is -0.507 e. The van der Waals surface area contributed by atoms with Crippen molar-refractivity contribution in [1.29, 1.82) is 0 Å². The van der Waals surface area contributed by atoms with E-state index in [1.807, 2.05) is 26.0 Å². The summed E-state index contributed by atoms with van der Waals surface area (Å²) in [5.41, 5.74) is 1.26. The van der Waals surface area contributed by atoms with Crippen LogP contribution in [0.5, 0.6) is 5.75 Å². The van der Waals surface area contributed by atoms with Crippen molar-refractivity contribution in [2.24, 2.45) is 0 Å². The minimum absolute atomic E-state index is 0.190. The Hall–Kier alpha value is -4.20. The minimum atomic E-state index is -1.13. The first-order valence-corrected chi connectivity index (χ1v) is 11.6. The van der Waals surface area contributed by atoms with E-state index in [9.17, 15) is 23.5 Å². The van der Waals surface area contributed by atoms with Gasteiger partial charge in [0.25, 0.3) is 11.7 Å². The molecule has 3 aromatic carbocycles. The van der Waals surface area contributed by atoms with Crippen LogP contribution in [0.2, 0.25) is 0 Å². The zero-order valence-corrected chi connectivity index (χ0v) is 20.2. The molecule has 1 aliphatic rings. The Morgan fingerprint density at radius 3 is 2.17 bits per heavy atom. The van der Waals surface area contributed by atoms with Gasteiger partial charge in [-0.2, -0.15) is 0 Å². The molecule has 6 nitrogen and oxygen atoms in total. The summed E-state index contributed by atoms with van der Waals surface area (Å²) in [6.45, 7) is 5.62. The van der Waals surface area contributed by atoms with Crippen molar-refractivity contribution < 1.29 is 28.2 Å². The number of anilines is 2. The van der Waals surface area contributed by atoms with Gasteiger partial charge in [0.05, 0.1) is 24.4 Å². The average molecular weight is 493 g/mol. The van der Waals surface area contributed by atoms with Gasteiger partial charge in [0.2, 0.25) is 0 Å². The van der Waals surface area contributed by atoms with Gasteiger partial charge in [-0.3, -0.25) is 14.5 Å². The van der Waals surface area contributed by atoms with E-state index in [4.69, 9.17) is 4.74 Å². The Labute approximate surface area is 208 Å². The number of ketones is 1. The third-order valence-corrected chi connectivity index (χ3v) is 6.31. The Morgan fingerprint density at radius 2 is 1.61 bits per heavy atom. The lowest BCUT2D eigenvalue weighted by Crippen LogP contribution is -2.30. The summed E-state index contributed by atoms with van der Waals surface area (Å²) in [7, 11) is 1.50. The van der Waals surface area contributed by atoms with Crippen molar-refractivity contribution in [2.75, 3.05) is 30.0 Å². The number of nitrogens with zero attached hydrogens (tertiary/aromatic N) is 2. The Kier molecular flexibility index (Phi) is 7.05. The molecule has 0 saturated carbocycles. The molecule has 1 amide bonds. The summed E-state index contributed by atoms with van der Waals surface area (Å²) in [6.07, 6.45) is 0. The maximum atomic E-state index is 14.8. The van der Waals surface area contributed by atoms with E-state index in [1.54, 1.807) is 36.4 Å². The number of halogens is 2. The topological polar surface area (TPSA) is 70.1 Å². The van der Waals surface area contributed by atoms with Crippen LogP contribution in [0, 0.1) is 11.6 Å². The molecule has 8 heteroatoms. The third kappa shape index (κ3) is 4.42. The number of ether oxygens (including phenoxy) is 1. The van der Waals surface area contributed by atoms with Crippen LogP contribution in [0.25, 0.3) is 5.76 Å². The molecule has 0 radical (unpaired) electrons. The highest BCUT2D eigenvalue weighted by molar-refractivity contribution is 6.51. The molecular formula is C28H26F2N2O4. The molecule has 0 aromatic heterocycles. The highest BCUT2D eigenvalue weighted by Crippen LogP contribution is 2.43. The molecule has 0 spiro atoms. The van der Waals surface area contributed by atoms with Crippen LogP contribution in [0.3, 0.4) is 0 Å². The third-order valence-electron chi connectivity index (χ3n) is 6.31. The van der Waals surface area contributed by atoms with E-state index >= 15 is 0 Å². The number of hydrogen-bond acceptors (Lipinski definition) is 5. The molecule has 0 aliphatic carbocycles. The first kappa shape index (κ1) is 24.9. The van der Waals surface area contributed by atoms with Crippen molar-refractivity contribution in [3.8, 4) is 5.75 Å². The number of benzene rings is 3. The molecule has 1 unspecified atom stereocenters. The maximum Gasteiger partial charge on any atom is 0.300 e. The smallest absolute Gasteiger partial charge is 0.300 e. The van der Waals surface area contributed by atoms with Gasteiger partial charge in [0.15, 0.2) is 0 Å². The molecule has 1 N–H and O–H groups in total. The Bertz CT molecular complexity index is 1320. The summed E-state index contributed by atoms with van der Waals surface area (Å²) in [4.78, 5) is 29.5. The molecule has 3 aromatic rings. The van der Waals surface area contributed by atoms with Crippen LogP contribution >= 0.6 is 0 Å². The Morgan fingerprint density at radius 1 is 0.972 bits per heavy atom. The summed E-state index contributed by atoms with van der Waals surface area (Å²) < 4.78 is 33.6. The van der Waals surface area contributed by atoms with Crippen LogP contribution in [0.4, 0.5) is 20.2 Å². The fourth-order valence-corrected chi connectivity index (χ4v) is 4.43. The normalized spacial score (nSPS) is 16.9. The van der Waals surface area contributed by atoms with Crippen LogP contribution < -0.4 is 14.5 Å². The van der Waals surface area contributed by atoms with Gasteiger partial charge < -0.3 is 14.7 Å². The number of aliphatic hydroxyl groups is 1. The maximum absolute atomic E-state index is 14.8. The van der Waals surface area contributed by atoms with E-state index < -0.39 is 35.1 Å². The number of rotatable bonds is 7. The molecule has 36 heavy (non-hydrogen) atoms. The molecule has 1 atom stereocenters. The SMILES string of the molecule is CCN(CC)c1ccc(C2/C(=C(\O)c3ccc(OC)cc3)C(=O)C(=O)N2c2ccc(F)cc2F)cc1. The number of carbonyl (C=O) groups is 2. The molecule has 4 rings (SSSR count). The largest absolute Gasteiger partial charge is 0.507 e. The number of methoxy groups -OCH3 is 1. The molecule has 0 bridgehead atoms. The molecule has 1 heterocycles. The van der Waals surface area contributed by atoms with E-state index in [0.717, 1.165) is 35.8 Å². The first-order valence-electron chi connectivity index (χ1n) is 11.6. The van der Waals surface area contributed by atoms with Crippen LogP contribution in [0.1, 0.15) is 31.0 Å². The predicted octanol–water partition coefficient (Wildman–Crippen LogP) is 5.45. The van der Waals surface area contributed by atoms with Gasteiger partial charge in [-0.25, -0.2) is 8.78 Å². The Balaban J connectivity index is 1.90. The van der Waals surface area contributed by atoms with Crippen molar-refractivity contribution in [3.63, 3.8) is 0 Å². The van der Waals surface area contributed by atoms with Gasteiger partial charge in [-0.1, -0.05) is 12.1 Å². The van der Waals surface area contributed by atoms with Crippen LogP contribution in [-0.4, -0.2) is 37.0 Å². The van der Waals surface area contributed by atoms with Crippen LogP contribution in [0.15, 0.2) is 72.3 Å². The fourth-order valence-electron chi connectivity index (χ4n) is 4.43. The van der Waals surface area contributed by atoms with Crippen molar-refractivity contribution in [3.05, 3.63) is 95.1 Å². The second kappa shape index (κ2) is 10.2. The lowest BCUT2D eigenvalue weighted by molar-refractivity contribution is -0.132. The second-order valence-electron chi connectivity index (χ2n) is 8.26. The van der Waals surface area contributed by atoms with Crippen molar-refractivity contribution in [1.82, 2.24) is 0 Å². The average Bonchev–Trinajstić information content (AvgIpc) is 3.15. The number of carbonyl (C=O) groups excluding carboxylic acids is 2. The zero-order chi connectivity index (χ0) is 26.0. The summed E-state index contributed by atoms with van der Waals surface area (Å²) in [6, 6.07) is 15.1. The zero-order valence-electron chi connectivity index (χ0n) is 20.2. The monoisotopic (exact) mass is 492 g/mol. The molecule has 186 valence electrons. The van der Waals surface area contributed by atoms with Gasteiger partial charge in [-0.15, -0.1) is 0 Å². The summed E-state index contributed by atoms with van der Waals surface area (Å²) >= 11 is 0. The first-order chi connectivity index (χ1) is 17.3. The van der Waals surface area contributed by atoms with E-state index in [0.29, 0.717) is 17.4 Å². The van der Waals surface area contributed by atoms with Crippen LogP contribution in [-0.2, 0) is 9.59 Å². The van der Waals surface area contributed by atoms with Crippen molar-refractivity contribution >= 4 is 28.8 Å². The van der Waals surface area contributed by atoms with E-state index in [2.05, 4.69) is 4.90 Å². The predicted molar refractivity (Wildman–Crippen MR) is 134 cm³/mol. The fraction of sp³-hybridized carbons (Fsp3) is 0.214. The lowest BCUT2D eigenvalue weighted by atomic mass is 9.94. The summed E-state index contributed by atoms with van der Waals surface area (Å²) in [5, 5.41) is 11.2. The number of hydrogen-bond donors (Lipinski definition) is 1. The molecule has 1 fully saturated rings. The molecule has 1 aliphatic heterocycles. The number of Topliss-reactive ketones (excluding diaryl/α,β-unsaturated/α-hetero) is 1. The molecule has 1 saturated heterocycles. The van der Waals surface area contributed by atoms with Gasteiger partial charge in [0.1, 0.15) is 23.1 Å². The quantitative estimate of drug-likeness (QED) is 0.270. The van der Waals surface area contributed by atoms with Gasteiger partial charge in [0, 0.05) is 30.4 Å². The standard InChI is InChI=1S/C28H26F2N2O4/c1-4-31(5-2)20-11-6-17(7-12-20)25-24(26(33)18-8-13-21(36-3)14-9-18)27(34)28(35)32(25)23-15-10-19(29)16-22(23)30/h6-16,25,33H,4-5H2,1-3H3/b26-24+. The summed E-state index contributed by atoms with van der Waals surface area (Å²) in [5.74, 6) is -3.65. The lowest BCUT2D eigenvalue weighted by Gasteiger charge is -2.27. The van der Waals surface area contributed by atoms with Gasteiger partial charge >= 0.3 is 0 Å². The van der Waals surface area contributed by atoms with E-state index in [1.165, 1.54) is 7.11 Å². The molecular weight excluding hydrogens is 466 g/mol. The number of aliphatic hydroxyl groups excluding tert-OH is 1. The highest BCUT2D eigenvalue weighted by Gasteiger charge is 2.47. The second-order valence-corrected chi connectivity index (χ2v) is 8.26.